The molecule has 0 bridgehead atoms. The zero-order valence-corrected chi connectivity index (χ0v) is 11.6. The number of rotatable bonds is 5. The van der Waals surface area contributed by atoms with E-state index in [0.29, 0.717) is 5.75 Å². The molecule has 0 heterocycles. The van der Waals surface area contributed by atoms with Gasteiger partial charge in [-0.3, -0.25) is 4.79 Å². The van der Waals surface area contributed by atoms with E-state index in [9.17, 15) is 4.79 Å². The number of aryl methyl sites for hydroxylation is 1. The summed E-state index contributed by atoms with van der Waals surface area (Å²) in [6, 6.07) is 8.14. The van der Waals surface area contributed by atoms with E-state index in [1.54, 1.807) is 11.8 Å². The van der Waals surface area contributed by atoms with Gasteiger partial charge in [0.2, 0.25) is 0 Å². The number of carbonyl (C=O) groups is 1. The number of benzene rings is 1. The van der Waals surface area contributed by atoms with Crippen molar-refractivity contribution in [2.45, 2.75) is 30.2 Å². The van der Waals surface area contributed by atoms with Crippen LogP contribution in [0.2, 0.25) is 0 Å². The predicted molar refractivity (Wildman–Crippen MR) is 73.6 cm³/mol. The van der Waals surface area contributed by atoms with Crippen LogP contribution in [0.15, 0.2) is 29.2 Å². The SMILES string of the molecule is COC(=O)C(N)(CSc1ccccc1C)C1CC1. The minimum Gasteiger partial charge on any atom is -0.468 e. The van der Waals surface area contributed by atoms with Crippen molar-refractivity contribution in [1.82, 2.24) is 0 Å². The molecular weight excluding hydrogens is 246 g/mol. The Balaban J connectivity index is 2.07. The highest BCUT2D eigenvalue weighted by atomic mass is 32.2. The Bertz CT molecular complexity index is 445. The van der Waals surface area contributed by atoms with Crippen LogP contribution in [0.4, 0.5) is 0 Å². The van der Waals surface area contributed by atoms with Gasteiger partial charge in [-0.2, -0.15) is 0 Å². The molecule has 1 aliphatic rings. The molecule has 1 fully saturated rings. The third kappa shape index (κ3) is 2.70. The van der Waals surface area contributed by atoms with Crippen LogP contribution in [0.1, 0.15) is 18.4 Å². The first-order chi connectivity index (χ1) is 8.58. The number of ether oxygens (including phenoxy) is 1. The molecule has 18 heavy (non-hydrogen) atoms. The van der Waals surface area contributed by atoms with E-state index in [0.717, 1.165) is 12.8 Å². The molecule has 0 aromatic heterocycles. The number of nitrogens with two attached hydrogens (primary N) is 1. The van der Waals surface area contributed by atoms with E-state index in [1.807, 2.05) is 12.1 Å². The average molecular weight is 265 g/mol. The summed E-state index contributed by atoms with van der Waals surface area (Å²) in [6.45, 7) is 2.07. The maximum Gasteiger partial charge on any atom is 0.327 e. The molecule has 1 unspecified atom stereocenters. The third-order valence-corrected chi connectivity index (χ3v) is 4.82. The van der Waals surface area contributed by atoms with Crippen molar-refractivity contribution in [3.8, 4) is 0 Å². The lowest BCUT2D eigenvalue weighted by Gasteiger charge is -2.26. The summed E-state index contributed by atoms with van der Waals surface area (Å²) in [6.07, 6.45) is 2.06. The molecule has 1 aromatic rings. The number of hydrogen-bond donors (Lipinski definition) is 1. The molecule has 1 saturated carbocycles. The number of carbonyl (C=O) groups excluding carboxylic acids is 1. The third-order valence-electron chi connectivity index (χ3n) is 3.43. The molecule has 98 valence electrons. The molecule has 0 spiro atoms. The Morgan fingerprint density at radius 3 is 2.72 bits per heavy atom. The average Bonchev–Trinajstić information content (AvgIpc) is 3.21. The van der Waals surface area contributed by atoms with Crippen LogP contribution in [0.5, 0.6) is 0 Å². The lowest BCUT2D eigenvalue weighted by Crippen LogP contribution is -2.53. The number of esters is 1. The van der Waals surface area contributed by atoms with Gasteiger partial charge in [-0.25, -0.2) is 0 Å². The molecule has 2 rings (SSSR count). The number of methoxy groups -OCH3 is 1. The zero-order chi connectivity index (χ0) is 13.2. The maximum absolute atomic E-state index is 11.9. The van der Waals surface area contributed by atoms with Crippen LogP contribution in [0.25, 0.3) is 0 Å². The van der Waals surface area contributed by atoms with Crippen LogP contribution in [0, 0.1) is 12.8 Å². The lowest BCUT2D eigenvalue weighted by atomic mass is 9.97. The summed E-state index contributed by atoms with van der Waals surface area (Å²) >= 11 is 1.64. The second-order valence-corrected chi connectivity index (χ2v) is 5.88. The Morgan fingerprint density at radius 1 is 1.50 bits per heavy atom. The molecule has 0 amide bonds. The molecule has 4 heteroatoms. The quantitative estimate of drug-likeness (QED) is 0.656. The van der Waals surface area contributed by atoms with E-state index in [4.69, 9.17) is 10.5 Å². The highest BCUT2D eigenvalue weighted by Gasteiger charge is 2.48. The second-order valence-electron chi connectivity index (χ2n) is 4.86. The first-order valence-electron chi connectivity index (χ1n) is 6.13. The number of hydrogen-bond acceptors (Lipinski definition) is 4. The summed E-state index contributed by atoms with van der Waals surface area (Å²) in [5.74, 6) is 0.572. The van der Waals surface area contributed by atoms with Crippen LogP contribution >= 0.6 is 11.8 Å². The Morgan fingerprint density at radius 2 is 2.17 bits per heavy atom. The molecule has 0 aliphatic heterocycles. The zero-order valence-electron chi connectivity index (χ0n) is 10.8. The van der Waals surface area contributed by atoms with Gasteiger partial charge in [-0.1, -0.05) is 18.2 Å². The van der Waals surface area contributed by atoms with Crippen LogP contribution in [0.3, 0.4) is 0 Å². The van der Waals surface area contributed by atoms with Gasteiger partial charge in [0.25, 0.3) is 0 Å². The van der Waals surface area contributed by atoms with Gasteiger partial charge in [0.15, 0.2) is 0 Å². The van der Waals surface area contributed by atoms with Crippen molar-refractivity contribution in [2.24, 2.45) is 11.7 Å². The molecule has 1 aliphatic carbocycles. The predicted octanol–water partition coefficient (Wildman–Crippen LogP) is 2.37. The summed E-state index contributed by atoms with van der Waals surface area (Å²) < 4.78 is 4.86. The summed E-state index contributed by atoms with van der Waals surface area (Å²) in [4.78, 5) is 13.0. The van der Waals surface area contributed by atoms with Crippen molar-refractivity contribution in [3.05, 3.63) is 29.8 Å². The van der Waals surface area contributed by atoms with Crippen molar-refractivity contribution in [1.29, 1.82) is 0 Å². The minimum absolute atomic E-state index is 0.279. The Kier molecular flexibility index (Phi) is 3.97. The van der Waals surface area contributed by atoms with Gasteiger partial charge in [0.1, 0.15) is 5.54 Å². The fourth-order valence-electron chi connectivity index (χ4n) is 2.05. The van der Waals surface area contributed by atoms with E-state index in [1.165, 1.54) is 17.6 Å². The molecule has 0 radical (unpaired) electrons. The molecule has 2 N–H and O–H groups in total. The van der Waals surface area contributed by atoms with Crippen molar-refractivity contribution in [2.75, 3.05) is 12.9 Å². The first-order valence-corrected chi connectivity index (χ1v) is 7.12. The second kappa shape index (κ2) is 5.33. The normalized spacial score (nSPS) is 18.2. The van der Waals surface area contributed by atoms with E-state index >= 15 is 0 Å². The van der Waals surface area contributed by atoms with Crippen molar-refractivity contribution >= 4 is 17.7 Å². The monoisotopic (exact) mass is 265 g/mol. The van der Waals surface area contributed by atoms with E-state index in [2.05, 4.69) is 19.1 Å². The fourth-order valence-corrected chi connectivity index (χ4v) is 3.27. The minimum atomic E-state index is -0.832. The van der Waals surface area contributed by atoms with E-state index in [-0.39, 0.29) is 11.9 Å². The standard InChI is InChI=1S/C14H19NO2S/c1-10-5-3-4-6-12(10)18-9-14(15,11-7-8-11)13(16)17-2/h3-6,11H,7-9,15H2,1-2H3. The largest absolute Gasteiger partial charge is 0.468 e. The summed E-state index contributed by atoms with van der Waals surface area (Å²) in [7, 11) is 1.41. The van der Waals surface area contributed by atoms with Gasteiger partial charge >= 0.3 is 5.97 Å². The Hall–Kier alpha value is -1.00. The summed E-state index contributed by atoms with van der Waals surface area (Å²) in [5, 5.41) is 0. The van der Waals surface area contributed by atoms with Crippen LogP contribution in [-0.4, -0.2) is 24.4 Å². The molecule has 1 atom stereocenters. The smallest absolute Gasteiger partial charge is 0.327 e. The van der Waals surface area contributed by atoms with Gasteiger partial charge in [0, 0.05) is 10.6 Å². The number of thioether (sulfide) groups is 1. The highest BCUT2D eigenvalue weighted by Crippen LogP contribution is 2.41. The van der Waals surface area contributed by atoms with Crippen molar-refractivity contribution < 1.29 is 9.53 Å². The topological polar surface area (TPSA) is 52.3 Å². The lowest BCUT2D eigenvalue weighted by molar-refractivity contribution is -0.146. The molecule has 1 aromatic carbocycles. The molecule has 0 saturated heterocycles. The highest BCUT2D eigenvalue weighted by molar-refractivity contribution is 7.99. The van der Waals surface area contributed by atoms with Gasteiger partial charge < -0.3 is 10.5 Å². The fraction of sp³-hybridized carbons (Fsp3) is 0.500. The van der Waals surface area contributed by atoms with Gasteiger partial charge in [-0.15, -0.1) is 11.8 Å². The van der Waals surface area contributed by atoms with E-state index < -0.39 is 5.54 Å². The Labute approximate surface area is 112 Å². The molecule has 3 nitrogen and oxygen atoms in total. The molecular formula is C14H19NO2S. The van der Waals surface area contributed by atoms with Crippen LogP contribution < -0.4 is 5.73 Å². The van der Waals surface area contributed by atoms with Gasteiger partial charge in [0.05, 0.1) is 7.11 Å². The maximum atomic E-state index is 11.9. The first kappa shape index (κ1) is 13.4. The van der Waals surface area contributed by atoms with Crippen LogP contribution in [-0.2, 0) is 9.53 Å². The van der Waals surface area contributed by atoms with Gasteiger partial charge in [-0.05, 0) is 37.3 Å². The van der Waals surface area contributed by atoms with Crippen molar-refractivity contribution in [3.63, 3.8) is 0 Å². The summed E-state index contributed by atoms with van der Waals surface area (Å²) in [5.41, 5.74) is 6.64.